The van der Waals surface area contributed by atoms with Crippen molar-refractivity contribution in [2.45, 2.75) is 39.2 Å². The Labute approximate surface area is 121 Å². The summed E-state index contributed by atoms with van der Waals surface area (Å²) in [6.45, 7) is 4.29. The number of hydrogen-bond acceptors (Lipinski definition) is 4. The first-order valence-corrected chi connectivity index (χ1v) is 7.09. The van der Waals surface area contributed by atoms with Crippen LogP contribution in [0.5, 0.6) is 17.2 Å². The molecule has 1 N–H and O–H groups in total. The van der Waals surface area contributed by atoms with Crippen molar-refractivity contribution in [2.75, 3.05) is 21.3 Å². The Balaban J connectivity index is 3.11. The first-order chi connectivity index (χ1) is 9.62. The van der Waals surface area contributed by atoms with Gasteiger partial charge in [0.15, 0.2) is 11.5 Å². The Morgan fingerprint density at radius 1 is 0.950 bits per heavy atom. The number of aliphatic hydroxyl groups is 1. The highest BCUT2D eigenvalue weighted by Crippen LogP contribution is 2.43. The second-order valence-electron chi connectivity index (χ2n) is 4.86. The molecule has 4 nitrogen and oxygen atoms in total. The lowest BCUT2D eigenvalue weighted by atomic mass is 9.92. The highest BCUT2D eigenvalue weighted by Gasteiger charge is 2.22. The van der Waals surface area contributed by atoms with Crippen LogP contribution in [0.1, 0.15) is 44.8 Å². The van der Waals surface area contributed by atoms with E-state index in [0.717, 1.165) is 24.8 Å². The van der Waals surface area contributed by atoms with Crippen molar-refractivity contribution in [3.63, 3.8) is 0 Å². The summed E-state index contributed by atoms with van der Waals surface area (Å²) in [5.74, 6) is 2.17. The lowest BCUT2D eigenvalue weighted by molar-refractivity contribution is 0.137. The van der Waals surface area contributed by atoms with E-state index in [1.807, 2.05) is 6.07 Å². The second-order valence-corrected chi connectivity index (χ2v) is 4.86. The predicted octanol–water partition coefficient (Wildman–Crippen LogP) is 3.57. The lowest BCUT2D eigenvalue weighted by Gasteiger charge is -2.21. The van der Waals surface area contributed by atoms with Crippen molar-refractivity contribution in [3.05, 3.63) is 17.7 Å². The maximum Gasteiger partial charge on any atom is 0.203 e. The number of methoxy groups -OCH3 is 3. The van der Waals surface area contributed by atoms with E-state index >= 15 is 0 Å². The van der Waals surface area contributed by atoms with Gasteiger partial charge in [0.2, 0.25) is 5.75 Å². The van der Waals surface area contributed by atoms with Gasteiger partial charge >= 0.3 is 0 Å². The molecule has 114 valence electrons. The molecule has 0 amide bonds. The average molecular weight is 282 g/mol. The molecule has 1 unspecified atom stereocenters. The first-order valence-electron chi connectivity index (χ1n) is 7.09. The van der Waals surface area contributed by atoms with E-state index in [4.69, 9.17) is 14.2 Å². The monoisotopic (exact) mass is 282 g/mol. The molecule has 0 radical (unpaired) electrons. The quantitative estimate of drug-likeness (QED) is 0.792. The second kappa shape index (κ2) is 8.00. The molecule has 0 aromatic heterocycles. The van der Waals surface area contributed by atoms with Gasteiger partial charge in [0.1, 0.15) is 0 Å². The number of hydrogen-bond donors (Lipinski definition) is 1. The van der Waals surface area contributed by atoms with Crippen molar-refractivity contribution in [1.82, 2.24) is 0 Å². The topological polar surface area (TPSA) is 47.9 Å². The third-order valence-electron chi connectivity index (χ3n) is 3.80. The van der Waals surface area contributed by atoms with Gasteiger partial charge < -0.3 is 19.3 Å². The van der Waals surface area contributed by atoms with Gasteiger partial charge in [0.25, 0.3) is 0 Å². The molecule has 1 atom stereocenters. The Morgan fingerprint density at radius 3 is 2.00 bits per heavy atom. The lowest BCUT2D eigenvalue weighted by Crippen LogP contribution is -2.08. The summed E-state index contributed by atoms with van der Waals surface area (Å²) in [5.41, 5.74) is 0.747. The fraction of sp³-hybridized carbons (Fsp3) is 0.625. The van der Waals surface area contributed by atoms with E-state index in [1.54, 1.807) is 27.4 Å². The minimum atomic E-state index is -0.561. The van der Waals surface area contributed by atoms with E-state index in [-0.39, 0.29) is 0 Å². The highest BCUT2D eigenvalue weighted by molar-refractivity contribution is 5.56. The maximum atomic E-state index is 10.5. The van der Waals surface area contributed by atoms with Crippen LogP contribution in [-0.4, -0.2) is 26.4 Å². The van der Waals surface area contributed by atoms with Gasteiger partial charge in [-0.05, 0) is 24.5 Å². The molecule has 0 aliphatic rings. The Morgan fingerprint density at radius 2 is 1.55 bits per heavy atom. The zero-order valence-electron chi connectivity index (χ0n) is 13.1. The van der Waals surface area contributed by atoms with Crippen LogP contribution in [0.25, 0.3) is 0 Å². The summed E-state index contributed by atoms with van der Waals surface area (Å²) in [5, 5.41) is 10.5. The molecule has 0 bridgehead atoms. The van der Waals surface area contributed by atoms with Gasteiger partial charge in [-0.2, -0.15) is 0 Å². The van der Waals surface area contributed by atoms with E-state index in [1.165, 1.54) is 0 Å². The molecule has 20 heavy (non-hydrogen) atoms. The van der Waals surface area contributed by atoms with Crippen LogP contribution in [0.4, 0.5) is 0 Å². The van der Waals surface area contributed by atoms with Crippen molar-refractivity contribution in [3.8, 4) is 17.2 Å². The van der Waals surface area contributed by atoms with Crippen LogP contribution in [0.15, 0.2) is 12.1 Å². The Hall–Kier alpha value is -1.42. The summed E-state index contributed by atoms with van der Waals surface area (Å²) < 4.78 is 16.0. The Kier molecular flexibility index (Phi) is 6.65. The van der Waals surface area contributed by atoms with E-state index in [2.05, 4.69) is 13.8 Å². The largest absolute Gasteiger partial charge is 0.493 e. The number of ether oxygens (including phenoxy) is 3. The normalized spacial score (nSPS) is 12.3. The fourth-order valence-corrected chi connectivity index (χ4v) is 2.45. The smallest absolute Gasteiger partial charge is 0.203 e. The molecule has 0 aliphatic heterocycles. The molecular formula is C16H26O4. The zero-order chi connectivity index (χ0) is 15.1. The van der Waals surface area contributed by atoms with E-state index < -0.39 is 6.10 Å². The molecule has 0 spiro atoms. The number of benzene rings is 1. The van der Waals surface area contributed by atoms with Crippen molar-refractivity contribution >= 4 is 0 Å². The van der Waals surface area contributed by atoms with Gasteiger partial charge in [-0.25, -0.2) is 0 Å². The first kappa shape index (κ1) is 16.6. The van der Waals surface area contributed by atoms with Crippen LogP contribution in [-0.2, 0) is 0 Å². The third-order valence-corrected chi connectivity index (χ3v) is 3.80. The predicted molar refractivity (Wildman–Crippen MR) is 79.7 cm³/mol. The Bertz CT molecular complexity index is 413. The standard InChI is InChI=1S/C16H26O4/c1-6-11(7-2)10-13(17)12-8-9-14(18-3)16(20-5)15(12)19-4/h8-9,11,13,17H,6-7,10H2,1-5H3. The molecule has 0 fully saturated rings. The van der Waals surface area contributed by atoms with Gasteiger partial charge in [-0.15, -0.1) is 0 Å². The average Bonchev–Trinajstić information content (AvgIpc) is 2.50. The molecule has 4 heteroatoms. The maximum absolute atomic E-state index is 10.5. The van der Waals surface area contributed by atoms with Crippen molar-refractivity contribution in [1.29, 1.82) is 0 Å². The van der Waals surface area contributed by atoms with E-state index in [0.29, 0.717) is 23.2 Å². The van der Waals surface area contributed by atoms with Gasteiger partial charge in [-0.3, -0.25) is 0 Å². The number of aliphatic hydroxyl groups excluding tert-OH is 1. The van der Waals surface area contributed by atoms with Gasteiger partial charge in [0, 0.05) is 5.56 Å². The SMILES string of the molecule is CCC(CC)CC(O)c1ccc(OC)c(OC)c1OC. The molecular weight excluding hydrogens is 256 g/mol. The zero-order valence-corrected chi connectivity index (χ0v) is 13.1. The van der Waals surface area contributed by atoms with Crippen molar-refractivity contribution in [2.24, 2.45) is 5.92 Å². The summed E-state index contributed by atoms with van der Waals surface area (Å²) in [6, 6.07) is 3.64. The molecule has 0 aliphatic carbocycles. The summed E-state index contributed by atoms with van der Waals surface area (Å²) in [4.78, 5) is 0. The summed E-state index contributed by atoms with van der Waals surface area (Å²) in [6.07, 6.45) is 2.28. The van der Waals surface area contributed by atoms with Gasteiger partial charge in [0.05, 0.1) is 27.4 Å². The van der Waals surface area contributed by atoms with E-state index in [9.17, 15) is 5.11 Å². The van der Waals surface area contributed by atoms with Crippen molar-refractivity contribution < 1.29 is 19.3 Å². The third kappa shape index (κ3) is 3.57. The van der Waals surface area contributed by atoms with Gasteiger partial charge in [-0.1, -0.05) is 26.7 Å². The van der Waals surface area contributed by atoms with Crippen LogP contribution in [0.2, 0.25) is 0 Å². The fourth-order valence-electron chi connectivity index (χ4n) is 2.45. The molecule has 0 saturated heterocycles. The molecule has 0 heterocycles. The van der Waals surface area contributed by atoms with Crippen LogP contribution >= 0.6 is 0 Å². The number of rotatable bonds is 8. The molecule has 1 aromatic rings. The summed E-state index contributed by atoms with van der Waals surface area (Å²) >= 11 is 0. The van der Waals surface area contributed by atoms with Crippen LogP contribution in [0.3, 0.4) is 0 Å². The minimum absolute atomic E-state index is 0.503. The highest BCUT2D eigenvalue weighted by atomic mass is 16.5. The van der Waals surface area contributed by atoms with Crippen LogP contribution in [0, 0.1) is 5.92 Å². The summed E-state index contributed by atoms with van der Waals surface area (Å²) in [7, 11) is 4.72. The molecule has 0 saturated carbocycles. The molecule has 1 rings (SSSR count). The minimum Gasteiger partial charge on any atom is -0.493 e. The van der Waals surface area contributed by atoms with Crippen LogP contribution < -0.4 is 14.2 Å². The molecule has 1 aromatic carbocycles.